The number of pyridine rings is 2. The summed E-state index contributed by atoms with van der Waals surface area (Å²) in [6.07, 6.45) is 2.08. The van der Waals surface area contributed by atoms with Crippen LogP contribution in [-0.2, 0) is 20.1 Å². The van der Waals surface area contributed by atoms with Crippen molar-refractivity contribution in [3.63, 3.8) is 0 Å². The molecule has 0 atom stereocenters. The number of imidazole rings is 1. The van der Waals surface area contributed by atoms with Gasteiger partial charge in [0.25, 0.3) is 0 Å². The van der Waals surface area contributed by atoms with Crippen LogP contribution in [0, 0.1) is 19.1 Å². The molecule has 55 heavy (non-hydrogen) atoms. The number of nitrogens with zero attached hydrogens (tertiary/aromatic N) is 4. The molecule has 4 heterocycles. The Balaban J connectivity index is 0.000000166. The Morgan fingerprint density at radius 3 is 2.24 bits per heavy atom. The zero-order valence-corrected chi connectivity index (χ0v) is 35.3. The van der Waals surface area contributed by atoms with E-state index < -0.39 is 8.07 Å². The molecule has 0 N–H and O–H groups in total. The monoisotopic (exact) mass is 911 g/mol. The quantitative estimate of drug-likeness (QED) is 0.123. The SMILES string of the molecule is Cc1ccc2c(n1)oc1c(-c3cc(C(C)C)c([Si](C)(C)C)cn3)[c-]ccc12.[Ir].[c-]1ccccc1-c1nc2ccccc2n1-c1ccccc1-c1ccccc1. The van der Waals surface area contributed by atoms with Gasteiger partial charge >= 0.3 is 0 Å². The predicted molar refractivity (Wildman–Crippen MR) is 226 cm³/mol. The van der Waals surface area contributed by atoms with Gasteiger partial charge < -0.3 is 14.0 Å². The molecule has 0 unspecified atom stereocenters. The van der Waals surface area contributed by atoms with Crippen molar-refractivity contribution in [3.8, 4) is 39.5 Å². The Labute approximate surface area is 337 Å². The molecule has 4 aromatic heterocycles. The smallest absolute Gasteiger partial charge is 0.216 e. The maximum Gasteiger partial charge on any atom is 0.216 e. The van der Waals surface area contributed by atoms with Gasteiger partial charge in [-0.3, -0.25) is 4.98 Å². The fourth-order valence-corrected chi connectivity index (χ4v) is 8.81. The van der Waals surface area contributed by atoms with Gasteiger partial charge in [-0.2, -0.15) is 0 Å². The molecule has 0 aliphatic carbocycles. The molecule has 0 aliphatic heterocycles. The number of benzene rings is 5. The molecule has 9 aromatic rings. The first-order valence-electron chi connectivity index (χ1n) is 18.5. The minimum atomic E-state index is -1.46. The molecule has 0 spiro atoms. The van der Waals surface area contributed by atoms with Crippen LogP contribution < -0.4 is 5.19 Å². The van der Waals surface area contributed by atoms with E-state index in [0.717, 1.165) is 61.4 Å². The number of furan rings is 1. The average molecular weight is 911 g/mol. The van der Waals surface area contributed by atoms with Gasteiger partial charge in [0.2, 0.25) is 5.71 Å². The molecule has 0 saturated heterocycles. The number of para-hydroxylation sites is 3. The fourth-order valence-electron chi connectivity index (χ4n) is 7.13. The van der Waals surface area contributed by atoms with Crippen molar-refractivity contribution < 1.29 is 24.5 Å². The van der Waals surface area contributed by atoms with Crippen molar-refractivity contribution in [3.05, 3.63) is 163 Å². The Morgan fingerprint density at radius 1 is 0.727 bits per heavy atom. The fraction of sp³-hybridized carbons (Fsp3) is 0.146. The largest absolute Gasteiger partial charge is 0.486 e. The molecule has 9 rings (SSSR count). The average Bonchev–Trinajstić information content (AvgIpc) is 3.76. The molecule has 0 amide bonds. The molecule has 5 nitrogen and oxygen atoms in total. The van der Waals surface area contributed by atoms with E-state index in [1.165, 1.54) is 21.9 Å². The number of fused-ring (bicyclic) bond motifs is 4. The summed E-state index contributed by atoms with van der Waals surface area (Å²) in [6, 6.07) is 52.2. The Bertz CT molecular complexity index is 2750. The van der Waals surface area contributed by atoms with E-state index in [-0.39, 0.29) is 20.1 Å². The van der Waals surface area contributed by atoms with Crippen molar-refractivity contribution >= 4 is 46.4 Å². The second-order valence-corrected chi connectivity index (χ2v) is 20.0. The number of hydrogen-bond donors (Lipinski definition) is 0. The summed E-state index contributed by atoms with van der Waals surface area (Å²) >= 11 is 0. The predicted octanol–water partition coefficient (Wildman–Crippen LogP) is 12.0. The normalized spacial score (nSPS) is 11.5. The van der Waals surface area contributed by atoms with E-state index in [2.05, 4.69) is 146 Å². The molecule has 0 bridgehead atoms. The summed E-state index contributed by atoms with van der Waals surface area (Å²) in [5.74, 6) is 1.35. The Kier molecular flexibility index (Phi) is 10.8. The van der Waals surface area contributed by atoms with Gasteiger partial charge in [0, 0.05) is 48.6 Å². The van der Waals surface area contributed by atoms with E-state index in [1.807, 2.05) is 55.5 Å². The summed E-state index contributed by atoms with van der Waals surface area (Å²) in [6.45, 7) is 13.6. The van der Waals surface area contributed by atoms with Crippen LogP contribution in [0.15, 0.2) is 144 Å². The molecule has 0 aliphatic rings. The van der Waals surface area contributed by atoms with Crippen LogP contribution in [0.4, 0.5) is 0 Å². The third kappa shape index (κ3) is 7.48. The molecule has 1 radical (unpaired) electrons. The number of aromatic nitrogens is 4. The second kappa shape index (κ2) is 15.7. The van der Waals surface area contributed by atoms with Gasteiger partial charge in [-0.25, -0.2) is 4.98 Å². The second-order valence-electron chi connectivity index (χ2n) is 15.0. The first-order valence-corrected chi connectivity index (χ1v) is 22.0. The van der Waals surface area contributed by atoms with Crippen LogP contribution in [0.2, 0.25) is 19.6 Å². The van der Waals surface area contributed by atoms with Crippen LogP contribution in [0.5, 0.6) is 0 Å². The van der Waals surface area contributed by atoms with Gasteiger partial charge in [0.1, 0.15) is 0 Å². The van der Waals surface area contributed by atoms with E-state index in [9.17, 15) is 0 Å². The Morgan fingerprint density at radius 2 is 1.47 bits per heavy atom. The maximum atomic E-state index is 6.14. The van der Waals surface area contributed by atoms with Crippen molar-refractivity contribution in [2.24, 2.45) is 0 Å². The van der Waals surface area contributed by atoms with E-state index in [0.29, 0.717) is 11.6 Å². The first-order chi connectivity index (χ1) is 26.2. The van der Waals surface area contributed by atoms with Crippen LogP contribution in [0.3, 0.4) is 0 Å². The van der Waals surface area contributed by atoms with Crippen LogP contribution in [0.1, 0.15) is 31.0 Å². The van der Waals surface area contributed by atoms with E-state index >= 15 is 0 Å². The molecule has 7 heteroatoms. The van der Waals surface area contributed by atoms with Crippen molar-refractivity contribution in [1.82, 2.24) is 19.5 Å². The minimum absolute atomic E-state index is 0. The van der Waals surface area contributed by atoms with Crippen molar-refractivity contribution in [2.75, 3.05) is 0 Å². The first kappa shape index (κ1) is 37.8. The third-order valence-electron chi connectivity index (χ3n) is 9.80. The van der Waals surface area contributed by atoms with Crippen LogP contribution in [0.25, 0.3) is 72.6 Å². The summed E-state index contributed by atoms with van der Waals surface area (Å²) < 4.78 is 8.38. The molecular formula is C48H42IrN4OSi-2. The summed E-state index contributed by atoms with van der Waals surface area (Å²) in [5.41, 5.74) is 12.2. The number of aryl methyl sites for hydroxylation is 1. The van der Waals surface area contributed by atoms with Crippen LogP contribution in [-0.4, -0.2) is 27.6 Å². The van der Waals surface area contributed by atoms with Crippen molar-refractivity contribution in [2.45, 2.75) is 46.3 Å². The summed E-state index contributed by atoms with van der Waals surface area (Å²) in [5, 5.41) is 3.53. The Hall–Kier alpha value is -5.46. The van der Waals surface area contributed by atoms with E-state index in [4.69, 9.17) is 14.4 Å². The summed E-state index contributed by atoms with van der Waals surface area (Å²) in [7, 11) is -1.46. The van der Waals surface area contributed by atoms with Crippen LogP contribution >= 0.6 is 0 Å². The standard InChI is InChI=1S/C25H17N2.C23H25N2OSi.Ir/c1-3-11-19(12-4-1)21-15-7-9-17-23(21)27-24-18-10-8-16-22(24)26-25(27)20-13-5-2-6-14-20;1-14(2)19-12-20(24-13-21(19)27(4,5)6)18-9-7-8-16-17-11-10-15(3)25-23(17)26-22(16)18;/h1-13,15-18H;7-8,10-14H,1-6H3;/q2*-1;. The van der Waals surface area contributed by atoms with Gasteiger partial charge in [0.15, 0.2) is 0 Å². The van der Waals surface area contributed by atoms with Gasteiger partial charge in [-0.1, -0.05) is 117 Å². The maximum absolute atomic E-state index is 6.14. The van der Waals surface area contributed by atoms with Gasteiger partial charge in [0.05, 0.1) is 30.5 Å². The topological polar surface area (TPSA) is 56.7 Å². The number of hydrogen-bond acceptors (Lipinski definition) is 4. The van der Waals surface area contributed by atoms with Gasteiger partial charge in [-0.05, 0) is 59.6 Å². The molecule has 5 aromatic carbocycles. The van der Waals surface area contributed by atoms with E-state index in [1.54, 1.807) is 0 Å². The molecule has 0 saturated carbocycles. The zero-order valence-electron chi connectivity index (χ0n) is 31.9. The molecular weight excluding hydrogens is 869 g/mol. The zero-order chi connectivity index (χ0) is 37.4. The summed E-state index contributed by atoms with van der Waals surface area (Å²) in [4.78, 5) is 14.3. The third-order valence-corrected chi connectivity index (χ3v) is 11.8. The molecule has 275 valence electrons. The van der Waals surface area contributed by atoms with Crippen molar-refractivity contribution in [1.29, 1.82) is 0 Å². The minimum Gasteiger partial charge on any atom is -0.486 e. The van der Waals surface area contributed by atoms with Gasteiger partial charge in [-0.15, -0.1) is 54.1 Å². The number of rotatable bonds is 6. The molecule has 0 fully saturated rings.